The predicted molar refractivity (Wildman–Crippen MR) is 78.8 cm³/mol. The summed E-state index contributed by atoms with van der Waals surface area (Å²) in [5, 5.41) is 10.2. The lowest BCUT2D eigenvalue weighted by atomic mass is 9.95. The van der Waals surface area contributed by atoms with Gasteiger partial charge in [0.05, 0.1) is 16.6 Å². The Kier molecular flexibility index (Phi) is 4.72. The van der Waals surface area contributed by atoms with Crippen LogP contribution in [0, 0.1) is 6.92 Å². The maximum absolute atomic E-state index is 13.3. The van der Waals surface area contributed by atoms with Crippen molar-refractivity contribution in [2.45, 2.75) is 23.6 Å². The highest BCUT2D eigenvalue weighted by Gasteiger charge is 2.55. The molecule has 2 unspecified atom stereocenters. The van der Waals surface area contributed by atoms with Gasteiger partial charge >= 0.3 is 6.18 Å². The van der Waals surface area contributed by atoms with Crippen LogP contribution >= 0.6 is 0 Å². The van der Waals surface area contributed by atoms with Crippen molar-refractivity contribution in [2.75, 3.05) is 5.75 Å². The molecule has 0 saturated heterocycles. The molecule has 0 bridgehead atoms. The molecule has 0 heterocycles. The van der Waals surface area contributed by atoms with Crippen LogP contribution in [0.3, 0.4) is 0 Å². The van der Waals surface area contributed by atoms with Crippen LogP contribution in [0.2, 0.25) is 0 Å². The second-order valence-electron chi connectivity index (χ2n) is 5.03. The van der Waals surface area contributed by atoms with E-state index < -0.39 is 28.3 Å². The standard InChI is InChI=1S/C16H15F3O2S/c1-12-7-9-14(10-8-12)22(21)11-15(20,16(17,18)19)13-5-3-2-4-6-13/h2-10,20H,11H2,1H3. The van der Waals surface area contributed by atoms with Crippen LogP contribution in [-0.4, -0.2) is 21.2 Å². The summed E-state index contributed by atoms with van der Waals surface area (Å²) in [6.45, 7) is 1.82. The minimum Gasteiger partial charge on any atom is -0.376 e. The smallest absolute Gasteiger partial charge is 0.376 e. The van der Waals surface area contributed by atoms with Gasteiger partial charge in [-0.05, 0) is 24.6 Å². The molecule has 0 radical (unpaired) electrons. The van der Waals surface area contributed by atoms with Gasteiger partial charge < -0.3 is 5.11 Å². The molecule has 0 spiro atoms. The molecule has 22 heavy (non-hydrogen) atoms. The Morgan fingerprint density at radius 2 is 1.55 bits per heavy atom. The first-order valence-electron chi connectivity index (χ1n) is 6.54. The fraction of sp³-hybridized carbons (Fsp3) is 0.250. The highest BCUT2D eigenvalue weighted by atomic mass is 32.2. The van der Waals surface area contributed by atoms with E-state index in [-0.39, 0.29) is 10.5 Å². The van der Waals surface area contributed by atoms with Gasteiger partial charge in [0.25, 0.3) is 0 Å². The van der Waals surface area contributed by atoms with Crippen molar-refractivity contribution < 1.29 is 22.5 Å². The quantitative estimate of drug-likeness (QED) is 0.932. The molecule has 0 aliphatic heterocycles. The Balaban J connectivity index is 2.36. The topological polar surface area (TPSA) is 37.3 Å². The Hall–Kier alpha value is -1.66. The Morgan fingerprint density at radius 1 is 1.00 bits per heavy atom. The van der Waals surface area contributed by atoms with Gasteiger partial charge in [-0.2, -0.15) is 13.2 Å². The molecule has 0 aromatic heterocycles. The molecular weight excluding hydrogens is 313 g/mol. The molecular formula is C16H15F3O2S. The predicted octanol–water partition coefficient (Wildman–Crippen LogP) is 3.55. The second-order valence-corrected chi connectivity index (χ2v) is 6.48. The molecule has 2 atom stereocenters. The summed E-state index contributed by atoms with van der Waals surface area (Å²) in [5.74, 6) is -0.941. The number of hydrogen-bond donors (Lipinski definition) is 1. The fourth-order valence-electron chi connectivity index (χ4n) is 2.01. The maximum atomic E-state index is 13.3. The molecule has 6 heteroatoms. The van der Waals surface area contributed by atoms with Crippen molar-refractivity contribution in [1.29, 1.82) is 0 Å². The van der Waals surface area contributed by atoms with E-state index in [9.17, 15) is 22.5 Å². The fourth-order valence-corrected chi connectivity index (χ4v) is 3.32. The zero-order chi connectivity index (χ0) is 16.4. The highest BCUT2D eigenvalue weighted by Crippen LogP contribution is 2.40. The van der Waals surface area contributed by atoms with Gasteiger partial charge in [0.15, 0.2) is 5.60 Å². The lowest BCUT2D eigenvalue weighted by molar-refractivity contribution is -0.256. The van der Waals surface area contributed by atoms with Crippen LogP contribution in [0.5, 0.6) is 0 Å². The Labute approximate surface area is 129 Å². The third-order valence-corrected chi connectivity index (χ3v) is 4.82. The van der Waals surface area contributed by atoms with E-state index in [4.69, 9.17) is 0 Å². The summed E-state index contributed by atoms with van der Waals surface area (Å²) in [6, 6.07) is 13.1. The molecule has 0 aliphatic rings. The Morgan fingerprint density at radius 3 is 2.05 bits per heavy atom. The van der Waals surface area contributed by atoms with E-state index in [1.165, 1.54) is 36.4 Å². The van der Waals surface area contributed by atoms with Crippen molar-refractivity contribution in [3.8, 4) is 0 Å². The molecule has 118 valence electrons. The van der Waals surface area contributed by atoms with Gasteiger partial charge in [-0.1, -0.05) is 48.0 Å². The van der Waals surface area contributed by atoms with Gasteiger partial charge in [-0.3, -0.25) is 4.21 Å². The van der Waals surface area contributed by atoms with E-state index in [1.54, 1.807) is 18.2 Å². The molecule has 2 aromatic rings. The molecule has 0 amide bonds. The highest BCUT2D eigenvalue weighted by molar-refractivity contribution is 7.85. The minimum absolute atomic E-state index is 0.254. The average molecular weight is 328 g/mol. The SMILES string of the molecule is Cc1ccc(S(=O)CC(O)(c2ccccc2)C(F)(F)F)cc1. The number of aryl methyl sites for hydroxylation is 1. The van der Waals surface area contributed by atoms with Crippen molar-refractivity contribution in [1.82, 2.24) is 0 Å². The van der Waals surface area contributed by atoms with Gasteiger partial charge in [0, 0.05) is 4.90 Å². The van der Waals surface area contributed by atoms with Gasteiger partial charge in [0.1, 0.15) is 0 Å². The molecule has 0 saturated carbocycles. The van der Waals surface area contributed by atoms with Crippen LogP contribution in [0.1, 0.15) is 11.1 Å². The summed E-state index contributed by atoms with van der Waals surface area (Å²) in [6.07, 6.45) is -4.92. The Bertz CT molecular complexity index is 653. The van der Waals surface area contributed by atoms with E-state index >= 15 is 0 Å². The number of hydrogen-bond acceptors (Lipinski definition) is 2. The van der Waals surface area contributed by atoms with Crippen molar-refractivity contribution in [2.24, 2.45) is 0 Å². The minimum atomic E-state index is -4.92. The molecule has 2 aromatic carbocycles. The summed E-state index contributed by atoms with van der Waals surface area (Å²) in [7, 11) is -1.98. The number of rotatable bonds is 4. The van der Waals surface area contributed by atoms with Crippen LogP contribution in [0.4, 0.5) is 13.2 Å². The summed E-state index contributed by atoms with van der Waals surface area (Å²) in [5.41, 5.74) is -2.55. The molecule has 1 N–H and O–H groups in total. The van der Waals surface area contributed by atoms with E-state index in [0.717, 1.165) is 5.56 Å². The summed E-state index contributed by atoms with van der Waals surface area (Å²) < 4.78 is 52.3. The molecule has 2 rings (SSSR count). The zero-order valence-corrected chi connectivity index (χ0v) is 12.6. The average Bonchev–Trinajstić information content (AvgIpc) is 2.47. The largest absolute Gasteiger partial charge is 0.422 e. The third-order valence-electron chi connectivity index (χ3n) is 3.34. The lowest BCUT2D eigenvalue weighted by Crippen LogP contribution is -2.46. The zero-order valence-electron chi connectivity index (χ0n) is 11.8. The first-order valence-corrected chi connectivity index (χ1v) is 7.85. The van der Waals surface area contributed by atoms with Gasteiger partial charge in [-0.25, -0.2) is 0 Å². The first kappa shape index (κ1) is 16.7. The van der Waals surface area contributed by atoms with Crippen molar-refractivity contribution in [3.63, 3.8) is 0 Å². The van der Waals surface area contributed by atoms with E-state index in [0.29, 0.717) is 0 Å². The number of aliphatic hydroxyl groups is 1. The molecule has 0 aliphatic carbocycles. The monoisotopic (exact) mass is 328 g/mol. The van der Waals surface area contributed by atoms with E-state index in [2.05, 4.69) is 0 Å². The van der Waals surface area contributed by atoms with Crippen LogP contribution in [0.15, 0.2) is 59.5 Å². The summed E-state index contributed by atoms with van der Waals surface area (Å²) in [4.78, 5) is 0.254. The third kappa shape index (κ3) is 3.39. The van der Waals surface area contributed by atoms with Crippen molar-refractivity contribution >= 4 is 10.8 Å². The number of alkyl halides is 3. The van der Waals surface area contributed by atoms with E-state index in [1.807, 2.05) is 6.92 Å². The maximum Gasteiger partial charge on any atom is 0.422 e. The summed E-state index contributed by atoms with van der Waals surface area (Å²) >= 11 is 0. The molecule has 2 nitrogen and oxygen atoms in total. The van der Waals surface area contributed by atoms with Gasteiger partial charge in [0.2, 0.25) is 0 Å². The molecule has 0 fully saturated rings. The van der Waals surface area contributed by atoms with Crippen LogP contribution < -0.4 is 0 Å². The second kappa shape index (κ2) is 6.22. The normalized spacial score (nSPS) is 16.0. The number of halogens is 3. The van der Waals surface area contributed by atoms with Crippen LogP contribution in [0.25, 0.3) is 0 Å². The lowest BCUT2D eigenvalue weighted by Gasteiger charge is -2.30. The van der Waals surface area contributed by atoms with Crippen LogP contribution in [-0.2, 0) is 16.4 Å². The van der Waals surface area contributed by atoms with Crippen molar-refractivity contribution in [3.05, 3.63) is 65.7 Å². The first-order chi connectivity index (χ1) is 10.2. The number of benzene rings is 2. The van der Waals surface area contributed by atoms with Gasteiger partial charge in [-0.15, -0.1) is 0 Å².